The van der Waals surface area contributed by atoms with Gasteiger partial charge in [0, 0.05) is 38.6 Å². The first-order valence-corrected chi connectivity index (χ1v) is 6.38. The molecular formula is C12H24ClN3O. The van der Waals surface area contributed by atoms with Crippen molar-refractivity contribution in [2.45, 2.75) is 31.7 Å². The molecule has 0 unspecified atom stereocenters. The highest BCUT2D eigenvalue weighted by atomic mass is 35.5. The quantitative estimate of drug-likeness (QED) is 0.796. The summed E-state index contributed by atoms with van der Waals surface area (Å²) in [6, 6.07) is 0.261. The molecular weight excluding hydrogens is 238 g/mol. The Morgan fingerprint density at radius 1 is 1.24 bits per heavy atom. The Morgan fingerprint density at radius 3 is 2.41 bits per heavy atom. The number of amides is 1. The first-order chi connectivity index (χ1) is 7.66. The summed E-state index contributed by atoms with van der Waals surface area (Å²) in [5.41, 5.74) is 6.00. The highest BCUT2D eigenvalue weighted by molar-refractivity contribution is 5.85. The molecule has 17 heavy (non-hydrogen) atoms. The Balaban J connectivity index is 0.00000144. The van der Waals surface area contributed by atoms with Crippen LogP contribution in [0.3, 0.4) is 0 Å². The fraction of sp³-hybridized carbons (Fsp3) is 0.917. The Hall–Kier alpha value is -0.320. The van der Waals surface area contributed by atoms with E-state index in [4.69, 9.17) is 5.73 Å². The van der Waals surface area contributed by atoms with Crippen molar-refractivity contribution in [2.24, 2.45) is 11.7 Å². The molecule has 0 spiro atoms. The maximum atomic E-state index is 12.1. The van der Waals surface area contributed by atoms with E-state index in [9.17, 15) is 4.79 Å². The molecule has 2 rings (SSSR count). The predicted molar refractivity (Wildman–Crippen MR) is 71.3 cm³/mol. The van der Waals surface area contributed by atoms with Gasteiger partial charge in [-0.3, -0.25) is 4.79 Å². The van der Waals surface area contributed by atoms with Gasteiger partial charge in [0.25, 0.3) is 0 Å². The predicted octanol–water partition coefficient (Wildman–Crippen LogP) is 0.700. The van der Waals surface area contributed by atoms with Crippen LogP contribution in [0.1, 0.15) is 25.7 Å². The molecule has 1 amide bonds. The lowest BCUT2D eigenvalue weighted by Crippen LogP contribution is -2.47. The molecule has 1 saturated carbocycles. The van der Waals surface area contributed by atoms with E-state index in [1.807, 2.05) is 4.90 Å². The van der Waals surface area contributed by atoms with E-state index in [2.05, 4.69) is 11.9 Å². The molecule has 0 aromatic rings. The third kappa shape index (κ3) is 3.83. The van der Waals surface area contributed by atoms with Crippen LogP contribution in [-0.4, -0.2) is 55.0 Å². The number of carbonyl (C=O) groups is 1. The van der Waals surface area contributed by atoms with Crippen molar-refractivity contribution in [3.8, 4) is 0 Å². The van der Waals surface area contributed by atoms with E-state index in [1.54, 1.807) is 0 Å². The van der Waals surface area contributed by atoms with Gasteiger partial charge in [-0.2, -0.15) is 0 Å². The van der Waals surface area contributed by atoms with Crippen molar-refractivity contribution in [2.75, 3.05) is 33.2 Å². The fourth-order valence-corrected chi connectivity index (χ4v) is 2.73. The number of nitrogens with two attached hydrogens (primary N) is 1. The average molecular weight is 262 g/mol. The molecule has 0 aromatic carbocycles. The van der Waals surface area contributed by atoms with E-state index in [1.165, 1.54) is 6.42 Å². The van der Waals surface area contributed by atoms with Crippen molar-refractivity contribution in [1.29, 1.82) is 0 Å². The molecule has 1 saturated heterocycles. The largest absolute Gasteiger partial charge is 0.340 e. The number of carbonyl (C=O) groups excluding carboxylic acids is 1. The van der Waals surface area contributed by atoms with Crippen LogP contribution in [0.15, 0.2) is 0 Å². The van der Waals surface area contributed by atoms with Gasteiger partial charge in [-0.15, -0.1) is 12.4 Å². The molecule has 2 aliphatic rings. The van der Waals surface area contributed by atoms with Crippen LogP contribution in [0.25, 0.3) is 0 Å². The Bertz CT molecular complexity index is 254. The maximum Gasteiger partial charge on any atom is 0.222 e. The number of hydrogen-bond donors (Lipinski definition) is 1. The summed E-state index contributed by atoms with van der Waals surface area (Å²) in [5.74, 6) is 0.752. The maximum absolute atomic E-state index is 12.1. The summed E-state index contributed by atoms with van der Waals surface area (Å²) in [7, 11) is 2.11. The molecule has 1 heterocycles. The van der Waals surface area contributed by atoms with Crippen LogP contribution in [-0.2, 0) is 4.79 Å². The highest BCUT2D eigenvalue weighted by Gasteiger charge is 2.28. The minimum Gasteiger partial charge on any atom is -0.340 e. The molecule has 2 N–H and O–H groups in total. The monoisotopic (exact) mass is 261 g/mol. The summed E-state index contributed by atoms with van der Waals surface area (Å²) in [6.07, 6.45) is 4.11. The molecule has 2 atom stereocenters. The number of halogens is 1. The van der Waals surface area contributed by atoms with Crippen LogP contribution in [0, 0.1) is 5.92 Å². The van der Waals surface area contributed by atoms with Crippen LogP contribution in [0.4, 0.5) is 0 Å². The number of likely N-dealkylation sites (N-methyl/N-ethyl adjacent to an activating group) is 1. The molecule has 0 bridgehead atoms. The van der Waals surface area contributed by atoms with E-state index >= 15 is 0 Å². The minimum absolute atomic E-state index is 0. The number of rotatable bonds is 2. The van der Waals surface area contributed by atoms with Gasteiger partial charge in [0.05, 0.1) is 0 Å². The number of piperazine rings is 1. The molecule has 4 nitrogen and oxygen atoms in total. The van der Waals surface area contributed by atoms with Gasteiger partial charge in [-0.05, 0) is 25.8 Å². The lowest BCUT2D eigenvalue weighted by atomic mass is 9.99. The van der Waals surface area contributed by atoms with Gasteiger partial charge < -0.3 is 15.5 Å². The van der Waals surface area contributed by atoms with Gasteiger partial charge in [0.1, 0.15) is 0 Å². The molecule has 100 valence electrons. The Kier molecular flexibility index (Phi) is 5.70. The summed E-state index contributed by atoms with van der Waals surface area (Å²) in [5, 5.41) is 0. The van der Waals surface area contributed by atoms with E-state index < -0.39 is 0 Å². The Morgan fingerprint density at radius 2 is 1.88 bits per heavy atom. The smallest absolute Gasteiger partial charge is 0.222 e. The summed E-state index contributed by atoms with van der Waals surface area (Å²) in [6.45, 7) is 3.78. The molecule has 2 fully saturated rings. The molecule has 0 radical (unpaired) electrons. The second kappa shape index (κ2) is 6.57. The lowest BCUT2D eigenvalue weighted by molar-refractivity contribution is -0.133. The second-order valence-electron chi connectivity index (χ2n) is 5.24. The summed E-state index contributed by atoms with van der Waals surface area (Å²) < 4.78 is 0. The standard InChI is InChI=1S/C12H23N3O.ClH/c1-14-5-7-15(8-6-14)12(16)9-10-3-2-4-11(10)13;/h10-11H,2-9,13H2,1H3;1H/t10-,11+;/m0./s1. The van der Waals surface area contributed by atoms with Crippen molar-refractivity contribution in [3.05, 3.63) is 0 Å². The van der Waals surface area contributed by atoms with Crippen LogP contribution < -0.4 is 5.73 Å². The van der Waals surface area contributed by atoms with Crippen molar-refractivity contribution >= 4 is 18.3 Å². The minimum atomic E-state index is 0. The summed E-state index contributed by atoms with van der Waals surface area (Å²) >= 11 is 0. The topological polar surface area (TPSA) is 49.6 Å². The fourth-order valence-electron chi connectivity index (χ4n) is 2.73. The zero-order chi connectivity index (χ0) is 11.5. The summed E-state index contributed by atoms with van der Waals surface area (Å²) in [4.78, 5) is 16.3. The van der Waals surface area contributed by atoms with Gasteiger partial charge in [0.2, 0.25) is 5.91 Å². The van der Waals surface area contributed by atoms with Crippen molar-refractivity contribution in [3.63, 3.8) is 0 Å². The van der Waals surface area contributed by atoms with Crippen LogP contribution >= 0.6 is 12.4 Å². The average Bonchev–Trinajstić information content (AvgIpc) is 2.65. The van der Waals surface area contributed by atoms with E-state index in [0.29, 0.717) is 18.2 Å². The first-order valence-electron chi connectivity index (χ1n) is 6.38. The third-order valence-electron chi connectivity index (χ3n) is 4.01. The molecule has 1 aliphatic carbocycles. The van der Waals surface area contributed by atoms with Crippen LogP contribution in [0.2, 0.25) is 0 Å². The SMILES string of the molecule is CN1CCN(C(=O)C[C@@H]2CCC[C@H]2N)CC1.Cl. The zero-order valence-corrected chi connectivity index (χ0v) is 11.4. The molecule has 5 heteroatoms. The molecule has 1 aliphatic heterocycles. The Labute approximate surface area is 110 Å². The van der Waals surface area contributed by atoms with Gasteiger partial charge in [0.15, 0.2) is 0 Å². The molecule has 0 aromatic heterocycles. The highest BCUT2D eigenvalue weighted by Crippen LogP contribution is 2.27. The third-order valence-corrected chi connectivity index (χ3v) is 4.01. The number of nitrogens with zero attached hydrogens (tertiary/aromatic N) is 2. The first kappa shape index (κ1) is 14.7. The second-order valence-corrected chi connectivity index (χ2v) is 5.24. The van der Waals surface area contributed by atoms with E-state index in [0.717, 1.165) is 39.0 Å². The van der Waals surface area contributed by atoms with Gasteiger partial charge >= 0.3 is 0 Å². The lowest BCUT2D eigenvalue weighted by Gasteiger charge is -2.33. The van der Waals surface area contributed by atoms with Crippen molar-refractivity contribution in [1.82, 2.24) is 9.80 Å². The zero-order valence-electron chi connectivity index (χ0n) is 10.6. The van der Waals surface area contributed by atoms with Crippen LogP contribution in [0.5, 0.6) is 0 Å². The van der Waals surface area contributed by atoms with Crippen molar-refractivity contribution < 1.29 is 4.79 Å². The van der Waals surface area contributed by atoms with Gasteiger partial charge in [-0.25, -0.2) is 0 Å². The van der Waals surface area contributed by atoms with Gasteiger partial charge in [-0.1, -0.05) is 6.42 Å². The number of hydrogen-bond acceptors (Lipinski definition) is 3. The van der Waals surface area contributed by atoms with E-state index in [-0.39, 0.29) is 18.4 Å². The normalized spacial score (nSPS) is 30.1.